The van der Waals surface area contributed by atoms with Gasteiger partial charge in [-0.2, -0.15) is 13.2 Å². The Balaban J connectivity index is 2.59. The lowest BCUT2D eigenvalue weighted by Gasteiger charge is -2.10. The topological polar surface area (TPSA) is 25.8 Å². The molecular weight excluding hydrogens is 253 g/mol. The summed E-state index contributed by atoms with van der Waals surface area (Å²) in [6.45, 7) is 5.32. The summed E-state index contributed by atoms with van der Waals surface area (Å²) < 4.78 is 38.1. The molecule has 0 atom stereocenters. The van der Waals surface area contributed by atoms with Crippen molar-refractivity contribution in [3.8, 4) is 11.3 Å². The lowest BCUT2D eigenvalue weighted by atomic mass is 10.0. The van der Waals surface area contributed by atoms with Gasteiger partial charge in [0.15, 0.2) is 0 Å². The van der Waals surface area contributed by atoms with Gasteiger partial charge in [-0.15, -0.1) is 0 Å². The Hall–Kier alpha value is -1.91. The monoisotopic (exact) mass is 266 g/mol. The molecule has 2 rings (SSSR count). The van der Waals surface area contributed by atoms with Crippen LogP contribution in [0.1, 0.15) is 22.6 Å². The molecular formula is C14H13F3N2. The molecule has 1 aromatic heterocycles. The molecule has 0 aliphatic heterocycles. The zero-order chi connectivity index (χ0) is 14.2. The summed E-state index contributed by atoms with van der Waals surface area (Å²) in [5.41, 5.74) is 3.26. The van der Waals surface area contributed by atoms with E-state index in [1.807, 2.05) is 26.0 Å². The molecule has 0 saturated heterocycles. The minimum absolute atomic E-state index is 0.303. The number of halogens is 3. The molecule has 0 aliphatic rings. The lowest BCUT2D eigenvalue weighted by Crippen LogP contribution is -2.12. The number of hydrogen-bond acceptors (Lipinski definition) is 2. The van der Waals surface area contributed by atoms with Crippen molar-refractivity contribution < 1.29 is 13.2 Å². The standard InChI is InChI=1S/C14H13F3N2/c1-8-4-5-11(9(2)6-8)12-7-10(3)18-13(19-12)14(15,16)17/h4-7H,1-3H3. The van der Waals surface area contributed by atoms with Crippen molar-refractivity contribution in [1.29, 1.82) is 0 Å². The largest absolute Gasteiger partial charge is 0.451 e. The molecule has 2 aromatic rings. The molecule has 0 N–H and O–H groups in total. The van der Waals surface area contributed by atoms with Crippen LogP contribution in [0.2, 0.25) is 0 Å². The minimum Gasteiger partial charge on any atom is -0.230 e. The fraction of sp³-hybridized carbons (Fsp3) is 0.286. The molecule has 0 bridgehead atoms. The highest BCUT2D eigenvalue weighted by molar-refractivity contribution is 5.64. The van der Waals surface area contributed by atoms with Gasteiger partial charge in [0.25, 0.3) is 0 Å². The Labute approximate surface area is 109 Å². The molecule has 1 aromatic carbocycles. The van der Waals surface area contributed by atoms with E-state index in [0.29, 0.717) is 17.0 Å². The van der Waals surface area contributed by atoms with Gasteiger partial charge < -0.3 is 0 Å². The summed E-state index contributed by atoms with van der Waals surface area (Å²) in [4.78, 5) is 7.07. The van der Waals surface area contributed by atoms with Crippen LogP contribution >= 0.6 is 0 Å². The van der Waals surface area contributed by atoms with E-state index in [1.165, 1.54) is 6.92 Å². The Bertz CT molecular complexity index is 619. The normalized spacial score (nSPS) is 11.7. The quantitative estimate of drug-likeness (QED) is 0.777. The van der Waals surface area contributed by atoms with Gasteiger partial charge in [-0.05, 0) is 32.4 Å². The van der Waals surface area contributed by atoms with Crippen molar-refractivity contribution >= 4 is 0 Å². The maximum absolute atomic E-state index is 12.7. The average molecular weight is 266 g/mol. The highest BCUT2D eigenvalue weighted by atomic mass is 19.4. The van der Waals surface area contributed by atoms with Gasteiger partial charge in [0.2, 0.25) is 5.82 Å². The molecule has 2 nitrogen and oxygen atoms in total. The first-order chi connectivity index (χ1) is 8.77. The van der Waals surface area contributed by atoms with E-state index in [2.05, 4.69) is 9.97 Å². The molecule has 0 amide bonds. The second-order valence-corrected chi connectivity index (χ2v) is 4.53. The predicted molar refractivity (Wildman–Crippen MR) is 66.7 cm³/mol. The van der Waals surface area contributed by atoms with E-state index >= 15 is 0 Å². The van der Waals surface area contributed by atoms with Gasteiger partial charge in [0.1, 0.15) is 0 Å². The number of aryl methyl sites for hydroxylation is 3. The van der Waals surface area contributed by atoms with E-state index in [4.69, 9.17) is 0 Å². The highest BCUT2D eigenvalue weighted by Gasteiger charge is 2.35. The minimum atomic E-state index is -4.53. The van der Waals surface area contributed by atoms with Gasteiger partial charge in [0, 0.05) is 11.3 Å². The first-order valence-electron chi connectivity index (χ1n) is 5.78. The van der Waals surface area contributed by atoms with Crippen molar-refractivity contribution in [2.24, 2.45) is 0 Å². The van der Waals surface area contributed by atoms with Crippen molar-refractivity contribution in [2.75, 3.05) is 0 Å². The lowest BCUT2D eigenvalue weighted by molar-refractivity contribution is -0.145. The molecule has 1 heterocycles. The molecule has 0 saturated carbocycles. The number of benzene rings is 1. The number of alkyl halides is 3. The summed E-state index contributed by atoms with van der Waals surface area (Å²) in [6, 6.07) is 7.12. The molecule has 0 spiro atoms. The Morgan fingerprint density at radius 2 is 1.63 bits per heavy atom. The second kappa shape index (κ2) is 4.64. The molecule has 100 valence electrons. The number of rotatable bonds is 1. The average Bonchev–Trinajstić information content (AvgIpc) is 2.26. The van der Waals surface area contributed by atoms with Crippen LogP contribution in [0.4, 0.5) is 13.2 Å². The highest BCUT2D eigenvalue weighted by Crippen LogP contribution is 2.29. The van der Waals surface area contributed by atoms with E-state index in [-0.39, 0.29) is 0 Å². The van der Waals surface area contributed by atoms with Crippen LogP contribution in [-0.4, -0.2) is 9.97 Å². The first-order valence-corrected chi connectivity index (χ1v) is 5.78. The SMILES string of the molecule is Cc1ccc(-c2cc(C)nc(C(F)(F)F)n2)c(C)c1. The van der Waals surface area contributed by atoms with Crippen LogP contribution in [0.25, 0.3) is 11.3 Å². The van der Waals surface area contributed by atoms with Crippen LogP contribution in [0.5, 0.6) is 0 Å². The molecule has 0 aliphatic carbocycles. The van der Waals surface area contributed by atoms with Crippen LogP contribution in [-0.2, 0) is 6.18 Å². The number of aromatic nitrogens is 2. The van der Waals surface area contributed by atoms with Gasteiger partial charge in [-0.25, -0.2) is 9.97 Å². The van der Waals surface area contributed by atoms with Crippen LogP contribution < -0.4 is 0 Å². The van der Waals surface area contributed by atoms with Crippen LogP contribution in [0.3, 0.4) is 0 Å². The molecule has 5 heteroatoms. The van der Waals surface area contributed by atoms with Crippen molar-refractivity contribution in [2.45, 2.75) is 26.9 Å². The Kier molecular flexibility index (Phi) is 3.30. The van der Waals surface area contributed by atoms with E-state index in [9.17, 15) is 13.2 Å². The summed E-state index contributed by atoms with van der Waals surface area (Å²) in [5, 5.41) is 0. The Morgan fingerprint density at radius 1 is 0.947 bits per heavy atom. The zero-order valence-corrected chi connectivity index (χ0v) is 10.8. The maximum Gasteiger partial charge on any atom is 0.451 e. The van der Waals surface area contributed by atoms with E-state index in [0.717, 1.165) is 11.1 Å². The molecule has 0 radical (unpaired) electrons. The van der Waals surface area contributed by atoms with E-state index < -0.39 is 12.0 Å². The maximum atomic E-state index is 12.7. The second-order valence-electron chi connectivity index (χ2n) is 4.53. The van der Waals surface area contributed by atoms with Crippen molar-refractivity contribution in [1.82, 2.24) is 9.97 Å². The first kappa shape index (κ1) is 13.5. The third-order valence-corrected chi connectivity index (χ3v) is 2.77. The van der Waals surface area contributed by atoms with Gasteiger partial charge in [-0.1, -0.05) is 23.8 Å². The Morgan fingerprint density at radius 3 is 2.21 bits per heavy atom. The van der Waals surface area contributed by atoms with Crippen LogP contribution in [0.15, 0.2) is 24.3 Å². The third kappa shape index (κ3) is 2.92. The summed E-state index contributed by atoms with van der Waals surface area (Å²) in [7, 11) is 0. The van der Waals surface area contributed by atoms with Gasteiger partial charge in [-0.3, -0.25) is 0 Å². The third-order valence-electron chi connectivity index (χ3n) is 2.77. The molecule has 0 unspecified atom stereocenters. The van der Waals surface area contributed by atoms with E-state index in [1.54, 1.807) is 12.1 Å². The summed E-state index contributed by atoms with van der Waals surface area (Å²) >= 11 is 0. The van der Waals surface area contributed by atoms with Gasteiger partial charge in [0.05, 0.1) is 5.69 Å². The predicted octanol–water partition coefficient (Wildman–Crippen LogP) is 4.09. The summed E-state index contributed by atoms with van der Waals surface area (Å²) in [6.07, 6.45) is -4.53. The fourth-order valence-corrected chi connectivity index (χ4v) is 1.93. The van der Waals surface area contributed by atoms with Crippen molar-refractivity contribution in [3.05, 3.63) is 46.9 Å². The van der Waals surface area contributed by atoms with Crippen LogP contribution in [0, 0.1) is 20.8 Å². The number of hydrogen-bond donors (Lipinski definition) is 0. The molecule has 0 fully saturated rings. The molecule has 19 heavy (non-hydrogen) atoms. The number of nitrogens with zero attached hydrogens (tertiary/aromatic N) is 2. The van der Waals surface area contributed by atoms with Gasteiger partial charge >= 0.3 is 6.18 Å². The fourth-order valence-electron chi connectivity index (χ4n) is 1.93. The smallest absolute Gasteiger partial charge is 0.230 e. The van der Waals surface area contributed by atoms with Crippen molar-refractivity contribution in [3.63, 3.8) is 0 Å². The summed E-state index contributed by atoms with van der Waals surface area (Å²) in [5.74, 6) is -1.09. The zero-order valence-electron chi connectivity index (χ0n) is 10.8.